The second-order valence-corrected chi connectivity index (χ2v) is 6.49. The largest absolute Gasteiger partial charge is 0.356 e. The summed E-state index contributed by atoms with van der Waals surface area (Å²) in [6.45, 7) is 3.39. The number of hydrogen-bond donors (Lipinski definition) is 5. The molecule has 0 saturated heterocycles. The zero-order valence-electron chi connectivity index (χ0n) is 15.0. The van der Waals surface area contributed by atoms with Crippen molar-refractivity contribution in [3.63, 3.8) is 0 Å². The molecule has 0 aromatic heterocycles. The number of guanidine groups is 2. The Morgan fingerprint density at radius 3 is 2.15 bits per heavy atom. The highest BCUT2D eigenvalue weighted by Crippen LogP contribution is 2.22. The fourth-order valence-corrected chi connectivity index (χ4v) is 2.49. The van der Waals surface area contributed by atoms with Gasteiger partial charge in [-0.05, 0) is 24.1 Å². The normalized spacial score (nSPS) is 9.50. The molecule has 0 aliphatic rings. The summed E-state index contributed by atoms with van der Waals surface area (Å²) in [6.07, 6.45) is 7.30. The standard InChI is InChI=1S/C17H27Cl2N5.2ClH/c1-2-3-4-5-6-7-10-22-16(20)24-17(21)23-12-13-8-9-14(18)15(19)11-13;;/h8-9,11H,2-7,10,12H2,1H3,(H5,20,21,22,23,24);2*1H. The predicted octanol–water partition coefficient (Wildman–Crippen LogP) is 5.34. The van der Waals surface area contributed by atoms with Crippen molar-refractivity contribution in [1.29, 1.82) is 10.8 Å². The Hall–Kier alpha value is -0.880. The van der Waals surface area contributed by atoms with Crippen LogP contribution in [0.25, 0.3) is 0 Å². The summed E-state index contributed by atoms with van der Waals surface area (Å²) in [5, 5.41) is 25.1. The van der Waals surface area contributed by atoms with Crippen LogP contribution in [0, 0.1) is 10.8 Å². The molecule has 0 heterocycles. The molecule has 5 nitrogen and oxygen atoms in total. The van der Waals surface area contributed by atoms with Crippen LogP contribution in [0.2, 0.25) is 10.0 Å². The highest BCUT2D eigenvalue weighted by atomic mass is 35.5. The van der Waals surface area contributed by atoms with Crippen molar-refractivity contribution in [2.75, 3.05) is 6.54 Å². The molecular formula is C17H29Cl4N5. The first-order chi connectivity index (χ1) is 11.5. The second-order valence-electron chi connectivity index (χ2n) is 5.67. The van der Waals surface area contributed by atoms with Gasteiger partial charge in [0.15, 0.2) is 11.9 Å². The van der Waals surface area contributed by atoms with Crippen molar-refractivity contribution in [2.45, 2.75) is 52.0 Å². The Morgan fingerprint density at radius 1 is 0.885 bits per heavy atom. The lowest BCUT2D eigenvalue weighted by atomic mass is 10.1. The third-order valence-corrected chi connectivity index (χ3v) is 4.27. The van der Waals surface area contributed by atoms with E-state index in [2.05, 4.69) is 22.9 Å². The van der Waals surface area contributed by atoms with Crippen LogP contribution in [0.5, 0.6) is 0 Å². The van der Waals surface area contributed by atoms with E-state index in [1.165, 1.54) is 32.1 Å². The molecule has 0 saturated carbocycles. The third kappa shape index (κ3) is 12.5. The number of hydrogen-bond acceptors (Lipinski definition) is 2. The third-order valence-electron chi connectivity index (χ3n) is 3.54. The summed E-state index contributed by atoms with van der Waals surface area (Å²) in [4.78, 5) is 0. The first kappa shape index (κ1) is 27.3. The van der Waals surface area contributed by atoms with Crippen molar-refractivity contribution in [1.82, 2.24) is 16.0 Å². The van der Waals surface area contributed by atoms with Crippen molar-refractivity contribution in [3.8, 4) is 0 Å². The fourth-order valence-electron chi connectivity index (χ4n) is 2.17. The summed E-state index contributed by atoms with van der Waals surface area (Å²) in [6, 6.07) is 5.32. The molecule has 5 N–H and O–H groups in total. The van der Waals surface area contributed by atoms with Crippen LogP contribution in [-0.4, -0.2) is 18.5 Å². The van der Waals surface area contributed by atoms with E-state index in [1.807, 2.05) is 6.07 Å². The van der Waals surface area contributed by atoms with Gasteiger partial charge in [0, 0.05) is 13.1 Å². The lowest BCUT2D eigenvalue weighted by molar-refractivity contribution is 0.600. The second kappa shape index (κ2) is 16.3. The minimum atomic E-state index is 0. The molecule has 0 bridgehead atoms. The van der Waals surface area contributed by atoms with E-state index < -0.39 is 0 Å². The quantitative estimate of drug-likeness (QED) is 0.202. The Balaban J connectivity index is 0. The Morgan fingerprint density at radius 2 is 1.50 bits per heavy atom. The summed E-state index contributed by atoms with van der Waals surface area (Å²) in [7, 11) is 0. The first-order valence-electron chi connectivity index (χ1n) is 8.38. The van der Waals surface area contributed by atoms with E-state index in [4.69, 9.17) is 34.0 Å². The molecule has 1 rings (SSSR count). The predicted molar refractivity (Wildman–Crippen MR) is 118 cm³/mol. The van der Waals surface area contributed by atoms with Gasteiger partial charge in [-0.2, -0.15) is 0 Å². The summed E-state index contributed by atoms with van der Waals surface area (Å²) < 4.78 is 0. The Bertz CT molecular complexity index is 540. The van der Waals surface area contributed by atoms with Crippen LogP contribution in [0.3, 0.4) is 0 Å². The number of rotatable bonds is 9. The van der Waals surface area contributed by atoms with E-state index in [9.17, 15) is 0 Å². The van der Waals surface area contributed by atoms with Gasteiger partial charge in [0.1, 0.15) is 0 Å². The van der Waals surface area contributed by atoms with Gasteiger partial charge in [0.2, 0.25) is 0 Å². The maximum Gasteiger partial charge on any atom is 0.195 e. The molecule has 0 unspecified atom stereocenters. The molecule has 0 atom stereocenters. The van der Waals surface area contributed by atoms with E-state index in [1.54, 1.807) is 12.1 Å². The fraction of sp³-hybridized carbons (Fsp3) is 0.529. The van der Waals surface area contributed by atoms with Crippen molar-refractivity contribution < 1.29 is 0 Å². The molecule has 0 aliphatic carbocycles. The topological polar surface area (TPSA) is 83.8 Å². The van der Waals surface area contributed by atoms with E-state index in [-0.39, 0.29) is 36.7 Å². The number of halogens is 4. The molecule has 1 aromatic carbocycles. The van der Waals surface area contributed by atoms with E-state index in [0.29, 0.717) is 16.6 Å². The number of unbranched alkanes of at least 4 members (excludes halogenated alkanes) is 5. The molecule has 9 heteroatoms. The molecule has 26 heavy (non-hydrogen) atoms. The van der Waals surface area contributed by atoms with Crippen molar-refractivity contribution in [2.24, 2.45) is 0 Å². The molecule has 0 amide bonds. The monoisotopic (exact) mass is 443 g/mol. The molecular weight excluding hydrogens is 416 g/mol. The van der Waals surface area contributed by atoms with Crippen molar-refractivity contribution in [3.05, 3.63) is 33.8 Å². The minimum Gasteiger partial charge on any atom is -0.356 e. The SMILES string of the molecule is CCCCCCCCNC(=N)NC(=N)NCc1ccc(Cl)c(Cl)c1.Cl.Cl. The summed E-state index contributed by atoms with van der Waals surface area (Å²) in [5.74, 6) is 0.205. The highest BCUT2D eigenvalue weighted by Gasteiger charge is 2.02. The van der Waals surface area contributed by atoms with Gasteiger partial charge in [-0.25, -0.2) is 0 Å². The first-order valence-corrected chi connectivity index (χ1v) is 9.14. The average Bonchev–Trinajstić information content (AvgIpc) is 2.55. The zero-order chi connectivity index (χ0) is 17.8. The summed E-state index contributed by atoms with van der Waals surface area (Å²) >= 11 is 11.8. The molecule has 0 aliphatic heterocycles. The van der Waals surface area contributed by atoms with Crippen LogP contribution >= 0.6 is 48.0 Å². The van der Waals surface area contributed by atoms with Gasteiger partial charge < -0.3 is 10.6 Å². The van der Waals surface area contributed by atoms with Crippen LogP contribution in [-0.2, 0) is 6.54 Å². The van der Waals surface area contributed by atoms with Gasteiger partial charge in [-0.15, -0.1) is 24.8 Å². The molecule has 1 aromatic rings. The average molecular weight is 445 g/mol. The summed E-state index contributed by atoms with van der Waals surface area (Å²) in [5.41, 5.74) is 0.919. The zero-order valence-corrected chi connectivity index (χ0v) is 18.1. The lowest BCUT2D eigenvalue weighted by Crippen LogP contribution is -2.45. The highest BCUT2D eigenvalue weighted by molar-refractivity contribution is 6.42. The Labute approximate surface area is 178 Å². The van der Waals surface area contributed by atoms with Crippen LogP contribution < -0.4 is 16.0 Å². The van der Waals surface area contributed by atoms with Crippen LogP contribution in [0.15, 0.2) is 18.2 Å². The molecule has 0 fully saturated rings. The molecule has 0 spiro atoms. The Kier molecular flexibility index (Phi) is 17.1. The van der Waals surface area contributed by atoms with Crippen LogP contribution in [0.1, 0.15) is 51.0 Å². The van der Waals surface area contributed by atoms with Gasteiger partial charge in [-0.1, -0.05) is 68.3 Å². The lowest BCUT2D eigenvalue weighted by Gasteiger charge is -2.13. The maximum atomic E-state index is 7.79. The van der Waals surface area contributed by atoms with Crippen LogP contribution in [0.4, 0.5) is 0 Å². The van der Waals surface area contributed by atoms with E-state index in [0.717, 1.165) is 18.5 Å². The van der Waals surface area contributed by atoms with Gasteiger partial charge >= 0.3 is 0 Å². The molecule has 150 valence electrons. The number of benzene rings is 1. The van der Waals surface area contributed by atoms with Gasteiger partial charge in [-0.3, -0.25) is 16.1 Å². The molecule has 0 radical (unpaired) electrons. The maximum absolute atomic E-state index is 7.79. The van der Waals surface area contributed by atoms with E-state index >= 15 is 0 Å². The smallest absolute Gasteiger partial charge is 0.195 e. The van der Waals surface area contributed by atoms with Gasteiger partial charge in [0.05, 0.1) is 10.0 Å². The van der Waals surface area contributed by atoms with Gasteiger partial charge in [0.25, 0.3) is 0 Å². The minimum absolute atomic E-state index is 0. The van der Waals surface area contributed by atoms with Crippen molar-refractivity contribution >= 4 is 59.9 Å². The number of nitrogens with one attached hydrogen (secondary N) is 5.